The third kappa shape index (κ3) is 10.8. The molecule has 7 aromatic rings. The van der Waals surface area contributed by atoms with Crippen LogP contribution in [0.2, 0.25) is 15.5 Å². The van der Waals surface area contributed by atoms with E-state index in [0.717, 1.165) is 59.3 Å². The first-order chi connectivity index (χ1) is 32.3. The highest BCUT2D eigenvalue weighted by atomic mass is 35.5. The zero-order valence-electron chi connectivity index (χ0n) is 33.9. The number of aryl methyl sites for hydroxylation is 1. The molecule has 0 saturated carbocycles. The number of aromatic hydroxyl groups is 2. The smallest absolute Gasteiger partial charge is 0.358 e. The first-order valence-electron chi connectivity index (χ1n) is 18.4. The van der Waals surface area contributed by atoms with E-state index >= 15 is 0 Å². The number of carboxylic acids is 1. The molecule has 0 spiro atoms. The van der Waals surface area contributed by atoms with Crippen LogP contribution in [0.4, 0.5) is 34.1 Å². The molecular weight excluding hydrogens is 1040 g/mol. The van der Waals surface area contributed by atoms with Crippen molar-refractivity contribution in [2.45, 2.75) is 21.6 Å². The molecule has 3 aromatic heterocycles. The number of H-pyrrole nitrogens is 1. The lowest BCUT2D eigenvalue weighted by Gasteiger charge is -2.09. The monoisotopic (exact) mass is 1060 g/mol. The van der Waals surface area contributed by atoms with Gasteiger partial charge in [0.15, 0.2) is 22.0 Å². The molecule has 0 bridgehead atoms. The van der Waals surface area contributed by atoms with Crippen molar-refractivity contribution in [3.8, 4) is 23.1 Å². The van der Waals surface area contributed by atoms with Crippen LogP contribution < -0.4 is 10.8 Å². The minimum Gasteiger partial charge on any atom is -0.492 e. The number of nitrogens with zero attached hydrogens (tertiary/aromatic N) is 10. The maximum atomic E-state index is 13.3. The molecule has 0 saturated heterocycles. The number of hydrogen-bond acceptors (Lipinski definition) is 18. The first kappa shape index (κ1) is 49.4. The minimum atomic E-state index is -5.03. The van der Waals surface area contributed by atoms with E-state index in [-0.39, 0.29) is 60.6 Å². The van der Waals surface area contributed by atoms with Crippen LogP contribution >= 0.6 is 34.8 Å². The number of aromatic amines is 1. The van der Waals surface area contributed by atoms with Crippen molar-refractivity contribution in [3.05, 3.63) is 123 Å². The lowest BCUT2D eigenvalue weighted by atomic mass is 10.2. The van der Waals surface area contributed by atoms with E-state index in [1.807, 2.05) is 0 Å². The average Bonchev–Trinajstić information content (AvgIpc) is 3.76. The maximum Gasteiger partial charge on any atom is 0.358 e. The molecule has 0 aliphatic heterocycles. The predicted octanol–water partition coefficient (Wildman–Crippen LogP) is 7.21. The van der Waals surface area contributed by atoms with E-state index in [1.54, 1.807) is 0 Å². The van der Waals surface area contributed by atoms with Gasteiger partial charge in [-0.1, -0.05) is 23.2 Å². The zero-order valence-corrected chi connectivity index (χ0v) is 38.6. The van der Waals surface area contributed by atoms with Gasteiger partial charge in [-0.3, -0.25) is 18.5 Å². The summed E-state index contributed by atoms with van der Waals surface area (Å²) in [5.41, 5.74) is -2.97. The van der Waals surface area contributed by atoms with E-state index < -0.39 is 91.4 Å². The topological polar surface area (TPSA) is 396 Å². The molecule has 0 atom stereocenters. The number of benzene rings is 4. The van der Waals surface area contributed by atoms with Crippen molar-refractivity contribution in [3.63, 3.8) is 0 Å². The number of hydrogen-bond donors (Lipinski definition) is 8. The molecule has 4 aromatic carbocycles. The molecule has 0 radical (unpaired) electrons. The van der Waals surface area contributed by atoms with Gasteiger partial charge in [-0.15, -0.1) is 20.5 Å². The molecule has 3 heterocycles. The normalized spacial score (nSPS) is 12.6. The number of halogens is 3. The van der Waals surface area contributed by atoms with E-state index in [9.17, 15) is 63.8 Å². The Morgan fingerprint density at radius 2 is 1.22 bits per heavy atom. The van der Waals surface area contributed by atoms with Gasteiger partial charge in [-0.2, -0.15) is 44.8 Å². The predicted molar refractivity (Wildman–Crippen MR) is 240 cm³/mol. The Morgan fingerprint density at radius 3 is 1.80 bits per heavy atom. The van der Waals surface area contributed by atoms with Crippen LogP contribution in [0, 0.1) is 6.92 Å². The summed E-state index contributed by atoms with van der Waals surface area (Å²) >= 11 is 18.0. The van der Waals surface area contributed by atoms with Crippen LogP contribution in [0.5, 0.6) is 11.8 Å². The number of carbonyl (C=O) groups is 2. The Hall–Kier alpha value is -7.48. The summed E-state index contributed by atoms with van der Waals surface area (Å²) < 4.78 is 102. The SMILES string of the molecule is Cc1nn(-c2ccc(C(=O)Nc3ccc(S(=O)(=O)O)c(N=Nc4c(C(=O)O)nn(-c5ccc(S(=O)(=O)O)cc5)c4O)c3)cc2)c(O)c1N=Nc1cc(N=c2[nH]c(Cl)nc(Cl)c2Cl)ccc1S(=O)(=O)O. The molecule has 0 unspecified atom stereocenters. The Bertz CT molecular complexity index is 3750. The quantitative estimate of drug-likeness (QED) is 0.0244. The molecular formula is C37H25Cl3N12O14S3. The van der Waals surface area contributed by atoms with Crippen molar-refractivity contribution in [1.82, 2.24) is 29.5 Å². The van der Waals surface area contributed by atoms with Crippen molar-refractivity contribution < 1.29 is 63.8 Å². The number of aromatic carboxylic acids is 1. The Balaban J connectivity index is 1.13. The number of azo groups is 2. The van der Waals surface area contributed by atoms with Crippen LogP contribution in [0.25, 0.3) is 11.4 Å². The number of carbonyl (C=O) groups excluding carboxylic acids is 1. The molecule has 0 aliphatic carbocycles. The fourth-order valence-corrected chi connectivity index (χ4v) is 8.14. The molecule has 32 heteroatoms. The van der Waals surface area contributed by atoms with Gasteiger partial charge in [-0.25, -0.2) is 14.8 Å². The molecule has 0 fully saturated rings. The van der Waals surface area contributed by atoms with Crippen LogP contribution in [0.1, 0.15) is 26.5 Å². The lowest BCUT2D eigenvalue weighted by molar-refractivity contribution is 0.0690. The molecule has 8 N–H and O–H groups in total. The van der Waals surface area contributed by atoms with Gasteiger partial charge in [-0.05, 0) is 103 Å². The van der Waals surface area contributed by atoms with Crippen LogP contribution in [0.3, 0.4) is 0 Å². The van der Waals surface area contributed by atoms with Gasteiger partial charge in [0.2, 0.25) is 22.7 Å². The van der Waals surface area contributed by atoms with Gasteiger partial charge in [0.1, 0.15) is 26.2 Å². The fourth-order valence-electron chi connectivity index (χ4n) is 5.93. The molecule has 0 aliphatic rings. The van der Waals surface area contributed by atoms with Crippen LogP contribution in [0.15, 0.2) is 125 Å². The van der Waals surface area contributed by atoms with E-state index in [0.29, 0.717) is 4.68 Å². The van der Waals surface area contributed by atoms with Gasteiger partial charge >= 0.3 is 5.97 Å². The molecule has 26 nitrogen and oxygen atoms in total. The summed E-state index contributed by atoms with van der Waals surface area (Å²) in [5.74, 6) is -4.06. The highest BCUT2D eigenvalue weighted by molar-refractivity contribution is 7.86. The number of carboxylic acid groups (broad SMARTS) is 1. The Labute approximate surface area is 400 Å². The number of nitrogens with one attached hydrogen (secondary N) is 2. The maximum absolute atomic E-state index is 13.3. The standard InChI is InChI=1S/C37H25Cl3N12O14S3/c1-16-28(47-45-23-14-18(4-12-25(23)68(61,62)63)41-32-27(38)31(39)43-37(40)44-32)34(54)51(49-16)20-6-2-17(3-7-20)33(53)42-19-5-13-26(69(64,65)66)24(15-19)46-48-29-30(36(56)57)50-52(35(29)55)21-8-10-22(11-9-21)67(58,59)60/h2-15,54-55H,1H3,(H,42,53)(H,56,57)(H,41,43,44)(H,58,59,60)(H,61,62,63)(H,64,65,66). The summed E-state index contributed by atoms with van der Waals surface area (Å²) in [4.78, 5) is 33.9. The first-order valence-corrected chi connectivity index (χ1v) is 23.8. The Kier molecular flexibility index (Phi) is 13.5. The number of rotatable bonds is 13. The van der Waals surface area contributed by atoms with Gasteiger partial charge in [0.25, 0.3) is 36.3 Å². The van der Waals surface area contributed by atoms with E-state index in [2.05, 4.69) is 50.9 Å². The van der Waals surface area contributed by atoms with Crippen molar-refractivity contribution in [2.75, 3.05) is 5.32 Å². The summed E-state index contributed by atoms with van der Waals surface area (Å²) in [6.45, 7) is 1.44. The fraction of sp³-hybridized carbons (Fsp3) is 0.0270. The highest BCUT2D eigenvalue weighted by Gasteiger charge is 2.26. The second-order valence-electron chi connectivity index (χ2n) is 13.7. The van der Waals surface area contributed by atoms with Gasteiger partial charge in [0, 0.05) is 11.3 Å². The minimum absolute atomic E-state index is 0.00430. The Morgan fingerprint density at radius 1 is 0.681 bits per heavy atom. The molecule has 69 heavy (non-hydrogen) atoms. The van der Waals surface area contributed by atoms with Gasteiger partial charge < -0.3 is 25.6 Å². The highest BCUT2D eigenvalue weighted by Crippen LogP contribution is 2.38. The largest absolute Gasteiger partial charge is 0.492 e. The van der Waals surface area contributed by atoms with Crippen molar-refractivity contribution >= 4 is 111 Å². The van der Waals surface area contributed by atoms with Crippen LogP contribution in [-0.2, 0) is 30.4 Å². The third-order valence-corrected chi connectivity index (χ3v) is 12.7. The lowest BCUT2D eigenvalue weighted by Crippen LogP contribution is -2.12. The summed E-state index contributed by atoms with van der Waals surface area (Å²) in [6.07, 6.45) is 0. The summed E-state index contributed by atoms with van der Waals surface area (Å²) in [6, 6.07) is 15.5. The number of aromatic nitrogens is 6. The second-order valence-corrected chi connectivity index (χ2v) is 19.0. The van der Waals surface area contributed by atoms with Crippen LogP contribution in [-0.4, -0.2) is 95.6 Å². The molecule has 7 rings (SSSR count). The average molecular weight is 1060 g/mol. The number of anilines is 1. The molecule has 356 valence electrons. The van der Waals surface area contributed by atoms with E-state index in [4.69, 9.17) is 34.8 Å². The third-order valence-electron chi connectivity index (χ3n) is 9.08. The van der Waals surface area contributed by atoms with E-state index in [1.165, 1.54) is 37.3 Å². The number of amides is 1. The zero-order chi connectivity index (χ0) is 50.3. The molecule has 1 amide bonds. The van der Waals surface area contributed by atoms with Crippen molar-refractivity contribution in [1.29, 1.82) is 0 Å². The summed E-state index contributed by atoms with van der Waals surface area (Å²) in [5, 5.41) is 57.0. The summed E-state index contributed by atoms with van der Waals surface area (Å²) in [7, 11) is -14.5. The second kappa shape index (κ2) is 18.9. The van der Waals surface area contributed by atoms with Gasteiger partial charge in [0.05, 0.1) is 27.7 Å². The van der Waals surface area contributed by atoms with Crippen molar-refractivity contribution in [2.24, 2.45) is 25.4 Å².